The largest absolute Gasteiger partial charge is 0.396 e. The summed E-state index contributed by atoms with van der Waals surface area (Å²) in [7, 11) is 0. The molecule has 0 aliphatic carbocycles. The van der Waals surface area contributed by atoms with Crippen molar-refractivity contribution in [1.82, 2.24) is 9.97 Å². The number of hydrogen-bond acceptors (Lipinski definition) is 5. The number of aliphatic hydroxyl groups excluding tert-OH is 1. The van der Waals surface area contributed by atoms with Crippen LogP contribution in [0.3, 0.4) is 0 Å². The first-order valence-corrected chi connectivity index (χ1v) is 5.76. The first kappa shape index (κ1) is 11.1. The van der Waals surface area contributed by atoms with Crippen LogP contribution in [-0.4, -0.2) is 34.3 Å². The maximum absolute atomic E-state index is 9.38. The fraction of sp³-hybridized carbons (Fsp3) is 0.636. The molecule has 0 bridgehead atoms. The van der Waals surface area contributed by atoms with Crippen LogP contribution in [0.1, 0.15) is 25.7 Å². The highest BCUT2D eigenvalue weighted by Crippen LogP contribution is 2.20. The third-order valence-corrected chi connectivity index (χ3v) is 3.00. The number of anilines is 2. The highest BCUT2D eigenvalue weighted by molar-refractivity contribution is 5.38. The number of nitrogens with two attached hydrogens (primary N) is 1. The van der Waals surface area contributed by atoms with Crippen molar-refractivity contribution in [3.63, 3.8) is 0 Å². The van der Waals surface area contributed by atoms with Gasteiger partial charge in [0.15, 0.2) is 0 Å². The van der Waals surface area contributed by atoms with Crippen LogP contribution in [0, 0.1) is 0 Å². The number of nitrogen functional groups attached to an aromatic ring is 1. The third-order valence-electron chi connectivity index (χ3n) is 3.00. The Bertz CT molecular complexity index is 327. The number of aliphatic hydroxyl groups is 1. The quantitative estimate of drug-likeness (QED) is 0.774. The monoisotopic (exact) mass is 222 g/mol. The SMILES string of the molecule is Nc1cnc(N2CCCCCC2CO)nc1. The second-order valence-corrected chi connectivity index (χ2v) is 4.20. The predicted molar refractivity (Wildman–Crippen MR) is 63.1 cm³/mol. The summed E-state index contributed by atoms with van der Waals surface area (Å²) in [5, 5.41) is 9.38. The molecule has 0 radical (unpaired) electrons. The molecule has 0 amide bonds. The van der Waals surface area contributed by atoms with Gasteiger partial charge in [-0.2, -0.15) is 0 Å². The molecule has 5 nitrogen and oxygen atoms in total. The smallest absolute Gasteiger partial charge is 0.225 e. The van der Waals surface area contributed by atoms with Crippen LogP contribution >= 0.6 is 0 Å². The molecule has 3 N–H and O–H groups in total. The van der Waals surface area contributed by atoms with Crippen LogP contribution in [0.15, 0.2) is 12.4 Å². The van der Waals surface area contributed by atoms with E-state index < -0.39 is 0 Å². The Kier molecular flexibility index (Phi) is 3.56. The van der Waals surface area contributed by atoms with Gasteiger partial charge in [0.1, 0.15) is 0 Å². The molecule has 16 heavy (non-hydrogen) atoms. The van der Waals surface area contributed by atoms with Crippen LogP contribution in [0.25, 0.3) is 0 Å². The van der Waals surface area contributed by atoms with Gasteiger partial charge in [-0.15, -0.1) is 0 Å². The Morgan fingerprint density at radius 1 is 1.31 bits per heavy atom. The van der Waals surface area contributed by atoms with Gasteiger partial charge < -0.3 is 15.7 Å². The molecule has 5 heteroatoms. The summed E-state index contributed by atoms with van der Waals surface area (Å²) >= 11 is 0. The van der Waals surface area contributed by atoms with Gasteiger partial charge in [-0.1, -0.05) is 12.8 Å². The van der Waals surface area contributed by atoms with E-state index in [1.807, 2.05) is 0 Å². The Balaban J connectivity index is 2.18. The van der Waals surface area contributed by atoms with Gasteiger partial charge in [-0.25, -0.2) is 9.97 Å². The lowest BCUT2D eigenvalue weighted by molar-refractivity contribution is 0.254. The van der Waals surface area contributed by atoms with Gasteiger partial charge in [0.25, 0.3) is 0 Å². The van der Waals surface area contributed by atoms with E-state index in [1.54, 1.807) is 12.4 Å². The van der Waals surface area contributed by atoms with Crippen molar-refractivity contribution >= 4 is 11.6 Å². The number of hydrogen-bond donors (Lipinski definition) is 2. The molecule has 1 aromatic rings. The van der Waals surface area contributed by atoms with E-state index >= 15 is 0 Å². The van der Waals surface area contributed by atoms with E-state index in [4.69, 9.17) is 5.73 Å². The summed E-state index contributed by atoms with van der Waals surface area (Å²) in [4.78, 5) is 10.5. The van der Waals surface area contributed by atoms with Crippen LogP contribution in [0.5, 0.6) is 0 Å². The average molecular weight is 222 g/mol. The maximum Gasteiger partial charge on any atom is 0.225 e. The molecule has 1 aliphatic heterocycles. The second-order valence-electron chi connectivity index (χ2n) is 4.20. The first-order valence-electron chi connectivity index (χ1n) is 5.76. The Morgan fingerprint density at radius 3 is 2.75 bits per heavy atom. The molecule has 88 valence electrons. The first-order chi connectivity index (χ1) is 7.81. The summed E-state index contributed by atoms with van der Waals surface area (Å²) in [6.45, 7) is 1.07. The Hall–Kier alpha value is -1.36. The van der Waals surface area contributed by atoms with Crippen LogP contribution < -0.4 is 10.6 Å². The van der Waals surface area contributed by atoms with E-state index in [0.29, 0.717) is 11.6 Å². The van der Waals surface area contributed by atoms with Crippen molar-refractivity contribution < 1.29 is 5.11 Å². The minimum absolute atomic E-state index is 0.145. The molecule has 0 saturated carbocycles. The number of nitrogens with zero attached hydrogens (tertiary/aromatic N) is 3. The molecule has 1 fully saturated rings. The van der Waals surface area contributed by atoms with E-state index in [-0.39, 0.29) is 12.6 Å². The molecular weight excluding hydrogens is 204 g/mol. The maximum atomic E-state index is 9.38. The summed E-state index contributed by atoms with van der Waals surface area (Å²) in [6, 6.07) is 0.145. The lowest BCUT2D eigenvalue weighted by Crippen LogP contribution is -2.38. The molecule has 0 spiro atoms. The molecule has 2 rings (SSSR count). The lowest BCUT2D eigenvalue weighted by Gasteiger charge is -2.28. The zero-order valence-corrected chi connectivity index (χ0v) is 9.34. The third kappa shape index (κ3) is 2.41. The number of aromatic nitrogens is 2. The van der Waals surface area contributed by atoms with Crippen LogP contribution in [0.4, 0.5) is 11.6 Å². The Morgan fingerprint density at radius 2 is 2.06 bits per heavy atom. The minimum atomic E-state index is 0.145. The van der Waals surface area contributed by atoms with Crippen molar-refractivity contribution in [1.29, 1.82) is 0 Å². The van der Waals surface area contributed by atoms with Crippen LogP contribution in [0.2, 0.25) is 0 Å². The fourth-order valence-electron chi connectivity index (χ4n) is 2.11. The zero-order chi connectivity index (χ0) is 11.4. The minimum Gasteiger partial charge on any atom is -0.396 e. The molecule has 1 unspecified atom stereocenters. The average Bonchev–Trinajstić information content (AvgIpc) is 2.55. The van der Waals surface area contributed by atoms with Gasteiger partial charge in [-0.3, -0.25) is 0 Å². The van der Waals surface area contributed by atoms with E-state index in [9.17, 15) is 5.11 Å². The molecular formula is C11H18N4O. The topological polar surface area (TPSA) is 75.3 Å². The zero-order valence-electron chi connectivity index (χ0n) is 9.34. The van der Waals surface area contributed by atoms with Crippen molar-refractivity contribution in [3.8, 4) is 0 Å². The summed E-state index contributed by atoms with van der Waals surface area (Å²) in [6.07, 6.45) is 7.73. The van der Waals surface area contributed by atoms with Gasteiger partial charge in [0, 0.05) is 6.54 Å². The molecule has 1 aliphatic rings. The van der Waals surface area contributed by atoms with Gasteiger partial charge in [0.2, 0.25) is 5.95 Å². The lowest BCUT2D eigenvalue weighted by atomic mass is 10.1. The molecule has 2 heterocycles. The van der Waals surface area contributed by atoms with Crippen molar-refractivity contribution in [2.45, 2.75) is 31.7 Å². The molecule has 1 saturated heterocycles. The highest BCUT2D eigenvalue weighted by atomic mass is 16.3. The number of rotatable bonds is 2. The highest BCUT2D eigenvalue weighted by Gasteiger charge is 2.22. The van der Waals surface area contributed by atoms with Gasteiger partial charge in [-0.05, 0) is 12.8 Å². The molecule has 1 atom stereocenters. The molecule has 0 aromatic carbocycles. The van der Waals surface area contributed by atoms with Gasteiger partial charge in [0.05, 0.1) is 30.7 Å². The summed E-state index contributed by atoms with van der Waals surface area (Å²) < 4.78 is 0. The second kappa shape index (κ2) is 5.12. The van der Waals surface area contributed by atoms with Gasteiger partial charge >= 0.3 is 0 Å². The van der Waals surface area contributed by atoms with Crippen molar-refractivity contribution in [2.24, 2.45) is 0 Å². The van der Waals surface area contributed by atoms with E-state index in [0.717, 1.165) is 25.8 Å². The van der Waals surface area contributed by atoms with Crippen LogP contribution in [-0.2, 0) is 0 Å². The molecule has 1 aromatic heterocycles. The fourth-order valence-corrected chi connectivity index (χ4v) is 2.11. The van der Waals surface area contributed by atoms with E-state index in [2.05, 4.69) is 14.9 Å². The predicted octanol–water partition coefficient (Wildman–Crippen LogP) is 0.800. The van der Waals surface area contributed by atoms with Crippen molar-refractivity contribution in [2.75, 3.05) is 23.8 Å². The normalized spacial score (nSPS) is 21.8. The summed E-state index contributed by atoms with van der Waals surface area (Å²) in [5.41, 5.74) is 6.13. The standard InChI is InChI=1S/C11H18N4O/c12-9-6-13-11(14-7-9)15-5-3-1-2-4-10(15)8-16/h6-7,10,16H,1-5,8,12H2. The Labute approximate surface area is 95.3 Å². The summed E-state index contributed by atoms with van der Waals surface area (Å²) in [5.74, 6) is 0.676. The van der Waals surface area contributed by atoms with E-state index in [1.165, 1.54) is 6.42 Å². The van der Waals surface area contributed by atoms with Crippen molar-refractivity contribution in [3.05, 3.63) is 12.4 Å².